The maximum Gasteiger partial charge on any atom is 0.244 e. The molecular weight excluding hydrogens is 438 g/mol. The van der Waals surface area contributed by atoms with Gasteiger partial charge in [0, 0.05) is 13.1 Å². The number of rotatable bonds is 12. The number of hydrogen-bond acceptors (Lipinski definition) is 4. The van der Waals surface area contributed by atoms with E-state index < -0.39 is 22.0 Å². The van der Waals surface area contributed by atoms with Crippen LogP contribution in [0.4, 0.5) is 5.69 Å². The Morgan fingerprint density at radius 2 is 1.61 bits per heavy atom. The molecule has 0 heterocycles. The van der Waals surface area contributed by atoms with Gasteiger partial charge in [-0.2, -0.15) is 0 Å². The van der Waals surface area contributed by atoms with Crippen molar-refractivity contribution in [1.82, 2.24) is 10.2 Å². The highest BCUT2D eigenvalue weighted by Crippen LogP contribution is 2.20. The van der Waals surface area contributed by atoms with Gasteiger partial charge >= 0.3 is 0 Å². The number of anilines is 1. The van der Waals surface area contributed by atoms with E-state index >= 15 is 0 Å². The summed E-state index contributed by atoms with van der Waals surface area (Å²) in [6, 6.07) is 15.7. The third kappa shape index (κ3) is 7.89. The molecule has 2 aromatic rings. The van der Waals surface area contributed by atoms with Crippen LogP contribution in [0, 0.1) is 0 Å². The second kappa shape index (κ2) is 12.4. The Kier molecular flexibility index (Phi) is 9.91. The third-order valence-electron chi connectivity index (χ3n) is 5.50. The molecule has 0 spiro atoms. The number of nitrogens with zero attached hydrogens (tertiary/aromatic N) is 2. The normalized spacial score (nSPS) is 12.1. The van der Waals surface area contributed by atoms with Gasteiger partial charge in [0.1, 0.15) is 12.6 Å². The first kappa shape index (κ1) is 26.4. The second-order valence-electron chi connectivity index (χ2n) is 8.12. The summed E-state index contributed by atoms with van der Waals surface area (Å²) >= 11 is 0. The molecule has 1 N–H and O–H groups in total. The molecule has 0 saturated heterocycles. The number of carbonyl (C=O) groups excluding carboxylic acids is 2. The van der Waals surface area contributed by atoms with E-state index in [1.165, 1.54) is 4.90 Å². The summed E-state index contributed by atoms with van der Waals surface area (Å²) in [6.45, 7) is 6.07. The van der Waals surface area contributed by atoms with Gasteiger partial charge in [-0.1, -0.05) is 62.7 Å². The van der Waals surface area contributed by atoms with Crippen LogP contribution in [0.15, 0.2) is 54.6 Å². The maximum absolute atomic E-state index is 13.4. The Balaban J connectivity index is 2.30. The molecule has 0 aromatic heterocycles. The van der Waals surface area contributed by atoms with Crippen LogP contribution in [0.5, 0.6) is 0 Å². The van der Waals surface area contributed by atoms with Gasteiger partial charge in [0.25, 0.3) is 0 Å². The van der Waals surface area contributed by atoms with Crippen molar-refractivity contribution in [3.8, 4) is 0 Å². The lowest BCUT2D eigenvalue weighted by atomic mass is 10.1. The molecule has 7 nitrogen and oxygen atoms in total. The van der Waals surface area contributed by atoms with Crippen LogP contribution in [0.2, 0.25) is 0 Å². The van der Waals surface area contributed by atoms with E-state index in [1.807, 2.05) is 56.3 Å². The molecule has 180 valence electrons. The number of sulfonamides is 1. The van der Waals surface area contributed by atoms with Crippen LogP contribution >= 0.6 is 0 Å². The Labute approximate surface area is 197 Å². The molecule has 2 amide bonds. The minimum Gasteiger partial charge on any atom is -0.354 e. The van der Waals surface area contributed by atoms with Gasteiger partial charge in [-0.25, -0.2) is 8.42 Å². The summed E-state index contributed by atoms with van der Waals surface area (Å²) in [5.41, 5.74) is 2.35. The standard InChI is InChI=1S/C25H35N3O4S/c1-5-7-17-26-25(30)20(3)27(18-22-11-9-8-10-12-22)24(29)19-28(33(4,31)32)23-15-13-21(6-2)14-16-23/h8-16,20H,5-7,17-19H2,1-4H3,(H,26,30). The number of hydrogen-bond donors (Lipinski definition) is 1. The van der Waals surface area contributed by atoms with Crippen LogP contribution in [-0.4, -0.2) is 50.5 Å². The molecular formula is C25H35N3O4S. The zero-order valence-electron chi connectivity index (χ0n) is 20.0. The van der Waals surface area contributed by atoms with Crippen molar-refractivity contribution < 1.29 is 18.0 Å². The average molecular weight is 474 g/mol. The zero-order chi connectivity index (χ0) is 24.4. The molecule has 0 radical (unpaired) electrons. The highest BCUT2D eigenvalue weighted by molar-refractivity contribution is 7.92. The molecule has 0 bridgehead atoms. The highest BCUT2D eigenvalue weighted by Gasteiger charge is 2.29. The Morgan fingerprint density at radius 1 is 0.970 bits per heavy atom. The van der Waals surface area contributed by atoms with Crippen molar-refractivity contribution in [2.24, 2.45) is 0 Å². The lowest BCUT2D eigenvalue weighted by molar-refractivity contribution is -0.139. The van der Waals surface area contributed by atoms with Crippen molar-refractivity contribution >= 4 is 27.5 Å². The van der Waals surface area contributed by atoms with Crippen molar-refractivity contribution in [1.29, 1.82) is 0 Å². The largest absolute Gasteiger partial charge is 0.354 e. The molecule has 0 fully saturated rings. The fourth-order valence-electron chi connectivity index (χ4n) is 3.41. The summed E-state index contributed by atoms with van der Waals surface area (Å²) in [6.07, 6.45) is 3.70. The highest BCUT2D eigenvalue weighted by atomic mass is 32.2. The molecule has 2 rings (SSSR count). The van der Waals surface area contributed by atoms with Gasteiger partial charge in [0.05, 0.1) is 11.9 Å². The number of unbranched alkanes of at least 4 members (excludes halogenated alkanes) is 1. The van der Waals surface area contributed by atoms with Crippen molar-refractivity contribution in [2.75, 3.05) is 23.7 Å². The minimum atomic E-state index is -3.72. The average Bonchev–Trinajstić information content (AvgIpc) is 2.80. The van der Waals surface area contributed by atoms with Crippen LogP contribution in [-0.2, 0) is 32.6 Å². The maximum atomic E-state index is 13.4. The Hall–Kier alpha value is -2.87. The van der Waals surface area contributed by atoms with E-state index in [1.54, 1.807) is 19.1 Å². The smallest absolute Gasteiger partial charge is 0.244 e. The van der Waals surface area contributed by atoms with E-state index in [9.17, 15) is 18.0 Å². The van der Waals surface area contributed by atoms with Gasteiger partial charge < -0.3 is 10.2 Å². The van der Waals surface area contributed by atoms with Crippen molar-refractivity contribution in [2.45, 2.75) is 52.6 Å². The Morgan fingerprint density at radius 3 is 2.15 bits per heavy atom. The predicted molar refractivity (Wildman–Crippen MR) is 132 cm³/mol. The zero-order valence-corrected chi connectivity index (χ0v) is 20.8. The first-order valence-corrected chi connectivity index (χ1v) is 13.2. The third-order valence-corrected chi connectivity index (χ3v) is 6.64. The molecule has 0 aliphatic heterocycles. The molecule has 1 atom stereocenters. The quantitative estimate of drug-likeness (QED) is 0.479. The van der Waals surface area contributed by atoms with E-state index in [-0.39, 0.29) is 19.0 Å². The van der Waals surface area contributed by atoms with Crippen LogP contribution in [0.3, 0.4) is 0 Å². The van der Waals surface area contributed by atoms with Gasteiger partial charge in [-0.3, -0.25) is 13.9 Å². The van der Waals surface area contributed by atoms with Crippen LogP contribution in [0.1, 0.15) is 44.7 Å². The summed E-state index contributed by atoms with van der Waals surface area (Å²) in [5, 5.41) is 2.87. The van der Waals surface area contributed by atoms with Gasteiger partial charge in [-0.05, 0) is 43.0 Å². The molecule has 33 heavy (non-hydrogen) atoms. The lowest BCUT2D eigenvalue weighted by Crippen LogP contribution is -2.51. The number of aryl methyl sites for hydroxylation is 1. The molecule has 8 heteroatoms. The molecule has 0 aliphatic carbocycles. The monoisotopic (exact) mass is 473 g/mol. The summed E-state index contributed by atoms with van der Waals surface area (Å²) in [4.78, 5) is 27.6. The number of amides is 2. The second-order valence-corrected chi connectivity index (χ2v) is 10.0. The van der Waals surface area contributed by atoms with E-state index in [0.29, 0.717) is 12.2 Å². The number of nitrogens with one attached hydrogen (secondary N) is 1. The van der Waals surface area contributed by atoms with Gasteiger partial charge in [0.15, 0.2) is 0 Å². The lowest BCUT2D eigenvalue weighted by Gasteiger charge is -2.31. The fraction of sp³-hybridized carbons (Fsp3) is 0.440. The summed E-state index contributed by atoms with van der Waals surface area (Å²) in [7, 11) is -3.72. The number of benzene rings is 2. The molecule has 2 aromatic carbocycles. The molecule has 1 unspecified atom stereocenters. The summed E-state index contributed by atoms with van der Waals surface area (Å²) in [5.74, 6) is -0.701. The number of carbonyl (C=O) groups is 2. The predicted octanol–water partition coefficient (Wildman–Crippen LogP) is 3.35. The van der Waals surface area contributed by atoms with Gasteiger partial charge in [0.2, 0.25) is 21.8 Å². The van der Waals surface area contributed by atoms with Crippen LogP contribution in [0.25, 0.3) is 0 Å². The van der Waals surface area contributed by atoms with Crippen molar-refractivity contribution in [3.63, 3.8) is 0 Å². The minimum absolute atomic E-state index is 0.203. The SMILES string of the molecule is CCCCNC(=O)C(C)N(Cc1ccccc1)C(=O)CN(c1ccc(CC)cc1)S(C)(=O)=O. The first-order valence-electron chi connectivity index (χ1n) is 11.3. The Bertz CT molecular complexity index is 1010. The summed E-state index contributed by atoms with van der Waals surface area (Å²) < 4.78 is 26.2. The van der Waals surface area contributed by atoms with Crippen LogP contribution < -0.4 is 9.62 Å². The first-order chi connectivity index (χ1) is 15.7. The van der Waals surface area contributed by atoms with E-state index in [4.69, 9.17) is 0 Å². The van der Waals surface area contributed by atoms with Gasteiger partial charge in [-0.15, -0.1) is 0 Å². The topological polar surface area (TPSA) is 86.8 Å². The van der Waals surface area contributed by atoms with E-state index in [0.717, 1.165) is 41.0 Å². The fourth-order valence-corrected chi connectivity index (χ4v) is 4.26. The molecule has 0 aliphatic rings. The van der Waals surface area contributed by atoms with Crippen molar-refractivity contribution in [3.05, 3.63) is 65.7 Å². The van der Waals surface area contributed by atoms with E-state index in [2.05, 4.69) is 5.32 Å². The molecule has 0 saturated carbocycles.